The van der Waals surface area contributed by atoms with E-state index in [-0.39, 0.29) is 6.42 Å². The highest BCUT2D eigenvalue weighted by Crippen LogP contribution is 2.32. The molecule has 4 nitrogen and oxygen atoms in total. The minimum absolute atomic E-state index is 0.250. The van der Waals surface area contributed by atoms with Gasteiger partial charge in [-0.3, -0.25) is 9.69 Å². The van der Waals surface area contributed by atoms with Gasteiger partial charge in [0.15, 0.2) is 5.41 Å². The van der Waals surface area contributed by atoms with Crippen molar-refractivity contribution in [2.24, 2.45) is 5.41 Å². The highest BCUT2D eigenvalue weighted by molar-refractivity contribution is 6.31. The molecule has 132 valence electrons. The van der Waals surface area contributed by atoms with Gasteiger partial charge in [-0.2, -0.15) is 5.26 Å². The van der Waals surface area contributed by atoms with E-state index in [4.69, 9.17) is 16.3 Å². The average molecular weight is 351 g/mol. The van der Waals surface area contributed by atoms with E-state index in [0.717, 1.165) is 5.56 Å². The van der Waals surface area contributed by atoms with Gasteiger partial charge in [0, 0.05) is 30.1 Å². The molecule has 0 radical (unpaired) electrons. The molecule has 1 rings (SSSR count). The van der Waals surface area contributed by atoms with Crippen molar-refractivity contribution in [3.05, 3.63) is 34.9 Å². The second-order valence-corrected chi connectivity index (χ2v) is 7.04. The van der Waals surface area contributed by atoms with Crippen molar-refractivity contribution in [1.82, 2.24) is 4.90 Å². The number of hydrogen-bond donors (Lipinski definition) is 0. The topological polar surface area (TPSA) is 53.3 Å². The number of carbonyl (C=O) groups excluding carboxylic acids is 1. The van der Waals surface area contributed by atoms with E-state index in [1.54, 1.807) is 6.07 Å². The Morgan fingerprint density at radius 2 is 1.88 bits per heavy atom. The van der Waals surface area contributed by atoms with E-state index in [0.29, 0.717) is 30.1 Å². The molecule has 1 atom stereocenters. The van der Waals surface area contributed by atoms with Crippen molar-refractivity contribution in [3.8, 4) is 6.07 Å². The number of benzene rings is 1. The lowest BCUT2D eigenvalue weighted by Gasteiger charge is -2.33. The molecule has 1 aromatic rings. The smallest absolute Gasteiger partial charge is 0.326 e. The summed E-state index contributed by atoms with van der Waals surface area (Å²) in [5, 5.41) is 10.4. The van der Waals surface area contributed by atoms with Gasteiger partial charge in [-0.1, -0.05) is 29.8 Å². The van der Waals surface area contributed by atoms with Gasteiger partial charge in [-0.25, -0.2) is 0 Å². The van der Waals surface area contributed by atoms with Crippen LogP contribution in [-0.4, -0.2) is 36.6 Å². The fourth-order valence-corrected chi connectivity index (χ4v) is 3.20. The number of ether oxygens (including phenoxy) is 1. The Balaban J connectivity index is 3.09. The molecule has 0 saturated carbocycles. The summed E-state index contributed by atoms with van der Waals surface area (Å²) in [4.78, 5) is 14.7. The van der Waals surface area contributed by atoms with Crippen LogP contribution in [-0.2, 0) is 16.0 Å². The van der Waals surface area contributed by atoms with Crippen molar-refractivity contribution in [2.75, 3.05) is 13.7 Å². The van der Waals surface area contributed by atoms with E-state index < -0.39 is 11.4 Å². The van der Waals surface area contributed by atoms with Crippen LogP contribution in [0.15, 0.2) is 24.3 Å². The maximum atomic E-state index is 12.4. The minimum Gasteiger partial charge on any atom is -0.468 e. The molecule has 0 aromatic heterocycles. The van der Waals surface area contributed by atoms with Gasteiger partial charge >= 0.3 is 5.97 Å². The molecule has 0 N–H and O–H groups in total. The first kappa shape index (κ1) is 20.5. The monoisotopic (exact) mass is 350 g/mol. The zero-order chi connectivity index (χ0) is 18.3. The van der Waals surface area contributed by atoms with Crippen LogP contribution in [0.4, 0.5) is 0 Å². The fraction of sp³-hybridized carbons (Fsp3) is 0.579. The average Bonchev–Trinajstić information content (AvgIpc) is 2.54. The minimum atomic E-state index is -1.23. The third kappa shape index (κ3) is 4.96. The summed E-state index contributed by atoms with van der Waals surface area (Å²) in [5.74, 6) is -0.502. The van der Waals surface area contributed by atoms with E-state index in [9.17, 15) is 10.1 Å². The van der Waals surface area contributed by atoms with Gasteiger partial charge in [-0.15, -0.1) is 0 Å². The number of esters is 1. The van der Waals surface area contributed by atoms with Gasteiger partial charge in [0.05, 0.1) is 13.2 Å². The van der Waals surface area contributed by atoms with Crippen LogP contribution < -0.4 is 0 Å². The fourth-order valence-electron chi connectivity index (χ4n) is 3.00. The number of nitriles is 1. The predicted octanol–water partition coefficient (Wildman–Crippen LogP) is 4.07. The highest BCUT2D eigenvalue weighted by atomic mass is 35.5. The summed E-state index contributed by atoms with van der Waals surface area (Å²) in [5.41, 5.74) is -0.450. The molecule has 0 spiro atoms. The van der Waals surface area contributed by atoms with Crippen LogP contribution >= 0.6 is 11.6 Å². The third-order valence-electron chi connectivity index (χ3n) is 4.36. The summed E-state index contributed by atoms with van der Waals surface area (Å²) >= 11 is 6.23. The van der Waals surface area contributed by atoms with E-state index in [1.807, 2.05) is 18.2 Å². The predicted molar refractivity (Wildman–Crippen MR) is 96.8 cm³/mol. The Hall–Kier alpha value is -1.57. The second-order valence-electron chi connectivity index (χ2n) is 6.63. The van der Waals surface area contributed by atoms with E-state index in [1.165, 1.54) is 7.11 Å². The Morgan fingerprint density at radius 1 is 1.29 bits per heavy atom. The standard InChI is InChI=1S/C19H27ClN2O2/c1-14(2)22(15(3)4)11-10-19(13-21,18(23)24-5)12-16-8-6-7-9-17(16)20/h6-9,14-15H,10-12H2,1-5H3. The maximum Gasteiger partial charge on any atom is 0.326 e. The molecule has 24 heavy (non-hydrogen) atoms. The first-order valence-corrected chi connectivity index (χ1v) is 8.64. The van der Waals surface area contributed by atoms with Crippen LogP contribution in [0.2, 0.25) is 5.02 Å². The number of hydrogen-bond acceptors (Lipinski definition) is 4. The third-order valence-corrected chi connectivity index (χ3v) is 4.73. The van der Waals surface area contributed by atoms with Crippen LogP contribution in [0.25, 0.3) is 0 Å². The number of rotatable bonds is 8. The molecular formula is C19H27ClN2O2. The Labute approximate surface area is 150 Å². The van der Waals surface area contributed by atoms with Gasteiger partial charge in [0.25, 0.3) is 0 Å². The SMILES string of the molecule is COC(=O)C(C#N)(CCN(C(C)C)C(C)C)Cc1ccccc1Cl. The maximum absolute atomic E-state index is 12.4. The highest BCUT2D eigenvalue weighted by Gasteiger charge is 2.41. The largest absolute Gasteiger partial charge is 0.468 e. The van der Waals surface area contributed by atoms with Gasteiger partial charge in [0.2, 0.25) is 0 Å². The zero-order valence-corrected chi connectivity index (χ0v) is 15.9. The lowest BCUT2D eigenvalue weighted by Crippen LogP contribution is -2.42. The summed E-state index contributed by atoms with van der Waals surface area (Å²) < 4.78 is 4.95. The quantitative estimate of drug-likeness (QED) is 0.663. The molecule has 0 aliphatic carbocycles. The molecule has 1 unspecified atom stereocenters. The summed E-state index contributed by atoms with van der Waals surface area (Å²) in [6.07, 6.45) is 0.650. The molecule has 5 heteroatoms. The van der Waals surface area contributed by atoms with E-state index in [2.05, 4.69) is 38.7 Å². The first-order valence-electron chi connectivity index (χ1n) is 8.26. The van der Waals surface area contributed by atoms with Crippen LogP contribution in [0.1, 0.15) is 39.7 Å². The van der Waals surface area contributed by atoms with Gasteiger partial charge in [0.1, 0.15) is 0 Å². The van der Waals surface area contributed by atoms with Crippen LogP contribution in [0.3, 0.4) is 0 Å². The molecule has 0 fully saturated rings. The van der Waals surface area contributed by atoms with Crippen molar-refractivity contribution >= 4 is 17.6 Å². The van der Waals surface area contributed by atoms with Crippen molar-refractivity contribution in [1.29, 1.82) is 5.26 Å². The number of halogens is 1. The van der Waals surface area contributed by atoms with E-state index >= 15 is 0 Å². The molecule has 0 amide bonds. The summed E-state index contributed by atoms with van der Waals surface area (Å²) in [7, 11) is 1.32. The van der Waals surface area contributed by atoms with Crippen molar-refractivity contribution in [3.63, 3.8) is 0 Å². The van der Waals surface area contributed by atoms with Crippen molar-refractivity contribution in [2.45, 2.75) is 52.6 Å². The van der Waals surface area contributed by atoms with Crippen LogP contribution in [0, 0.1) is 16.7 Å². The molecular weight excluding hydrogens is 324 g/mol. The molecule has 0 saturated heterocycles. The molecule has 0 aliphatic heterocycles. The van der Waals surface area contributed by atoms with Crippen molar-refractivity contribution < 1.29 is 9.53 Å². The Kier molecular flexibility index (Phi) is 7.72. The van der Waals surface area contributed by atoms with Crippen LogP contribution in [0.5, 0.6) is 0 Å². The first-order chi connectivity index (χ1) is 11.3. The zero-order valence-electron chi connectivity index (χ0n) is 15.2. The van der Waals surface area contributed by atoms with Gasteiger partial charge in [-0.05, 0) is 45.7 Å². The number of nitrogens with zero attached hydrogens (tertiary/aromatic N) is 2. The molecule has 0 aliphatic rings. The molecule has 0 heterocycles. The molecule has 1 aromatic carbocycles. The number of methoxy groups -OCH3 is 1. The second kappa shape index (κ2) is 9.05. The van der Waals surface area contributed by atoms with Gasteiger partial charge < -0.3 is 4.74 Å². The summed E-state index contributed by atoms with van der Waals surface area (Å²) in [6, 6.07) is 10.2. The Bertz CT molecular complexity index is 587. The lowest BCUT2D eigenvalue weighted by molar-refractivity contribution is -0.150. The normalized spacial score (nSPS) is 13.8. The summed E-state index contributed by atoms with van der Waals surface area (Å²) in [6.45, 7) is 9.09. The number of carbonyl (C=O) groups is 1. The lowest BCUT2D eigenvalue weighted by atomic mass is 9.79. The molecule has 0 bridgehead atoms. The Morgan fingerprint density at radius 3 is 2.33 bits per heavy atom.